The first-order valence-corrected chi connectivity index (χ1v) is 7.60. The third kappa shape index (κ3) is 3.81. The summed E-state index contributed by atoms with van der Waals surface area (Å²) in [7, 11) is -3.51. The quantitative estimate of drug-likeness (QED) is 0.775. The SMILES string of the molecule is O=S(=O)(NCCCO)c1ccc(Br)cc1Br. The highest BCUT2D eigenvalue weighted by atomic mass is 79.9. The zero-order valence-corrected chi connectivity index (χ0v) is 12.3. The Balaban J connectivity index is 2.90. The van der Waals surface area contributed by atoms with Gasteiger partial charge in [-0.2, -0.15) is 0 Å². The van der Waals surface area contributed by atoms with Gasteiger partial charge in [0.15, 0.2) is 0 Å². The van der Waals surface area contributed by atoms with E-state index in [1.165, 1.54) is 6.07 Å². The van der Waals surface area contributed by atoms with Crippen molar-refractivity contribution in [3.63, 3.8) is 0 Å². The Hall–Kier alpha value is 0.0500. The summed E-state index contributed by atoms with van der Waals surface area (Å²) in [5.74, 6) is 0. The second kappa shape index (κ2) is 6.11. The Morgan fingerprint density at radius 2 is 2.00 bits per heavy atom. The van der Waals surface area contributed by atoms with E-state index in [2.05, 4.69) is 36.6 Å². The number of halogens is 2. The van der Waals surface area contributed by atoms with E-state index >= 15 is 0 Å². The van der Waals surface area contributed by atoms with Crippen molar-refractivity contribution in [2.75, 3.05) is 13.2 Å². The fraction of sp³-hybridized carbons (Fsp3) is 0.333. The molecule has 4 nitrogen and oxygen atoms in total. The summed E-state index contributed by atoms with van der Waals surface area (Å²) in [6, 6.07) is 4.83. The fourth-order valence-electron chi connectivity index (χ4n) is 1.06. The lowest BCUT2D eigenvalue weighted by Crippen LogP contribution is -2.25. The molecule has 0 bridgehead atoms. The molecule has 90 valence electrons. The highest BCUT2D eigenvalue weighted by Gasteiger charge is 2.16. The lowest BCUT2D eigenvalue weighted by Gasteiger charge is -2.08. The summed E-state index contributed by atoms with van der Waals surface area (Å²) in [5.41, 5.74) is 0. The second-order valence-electron chi connectivity index (χ2n) is 3.05. The molecule has 0 unspecified atom stereocenters. The molecule has 0 spiro atoms. The van der Waals surface area contributed by atoms with E-state index in [4.69, 9.17) is 5.11 Å². The van der Waals surface area contributed by atoms with E-state index in [1.807, 2.05) is 0 Å². The predicted octanol–water partition coefficient (Wildman–Crippen LogP) is 1.87. The number of rotatable bonds is 5. The van der Waals surface area contributed by atoms with E-state index in [1.54, 1.807) is 12.1 Å². The number of aliphatic hydroxyl groups is 1. The minimum absolute atomic E-state index is 0.0377. The third-order valence-electron chi connectivity index (χ3n) is 1.81. The molecule has 1 rings (SSSR count). The molecule has 1 aromatic rings. The Labute approximate surface area is 111 Å². The molecule has 0 fully saturated rings. The van der Waals surface area contributed by atoms with Gasteiger partial charge >= 0.3 is 0 Å². The molecule has 0 radical (unpaired) electrons. The largest absolute Gasteiger partial charge is 0.396 e. The average Bonchev–Trinajstić information content (AvgIpc) is 2.17. The minimum Gasteiger partial charge on any atom is -0.396 e. The maximum Gasteiger partial charge on any atom is 0.241 e. The van der Waals surface area contributed by atoms with Crippen LogP contribution in [0.2, 0.25) is 0 Å². The van der Waals surface area contributed by atoms with E-state index in [0.29, 0.717) is 10.9 Å². The van der Waals surface area contributed by atoms with E-state index in [9.17, 15) is 8.42 Å². The van der Waals surface area contributed by atoms with Gasteiger partial charge in [-0.3, -0.25) is 0 Å². The van der Waals surface area contributed by atoms with Crippen LogP contribution >= 0.6 is 31.9 Å². The van der Waals surface area contributed by atoms with E-state index in [-0.39, 0.29) is 18.0 Å². The Kier molecular flexibility index (Phi) is 5.39. The first kappa shape index (κ1) is 14.1. The van der Waals surface area contributed by atoms with Gasteiger partial charge in [0.2, 0.25) is 10.0 Å². The molecule has 0 atom stereocenters. The van der Waals surface area contributed by atoms with Crippen molar-refractivity contribution >= 4 is 41.9 Å². The Bertz CT molecular complexity index is 462. The Morgan fingerprint density at radius 1 is 1.31 bits per heavy atom. The summed E-state index contributed by atoms with van der Waals surface area (Å²) in [6.45, 7) is 0.186. The molecule has 0 saturated heterocycles. The zero-order chi connectivity index (χ0) is 12.2. The predicted molar refractivity (Wildman–Crippen MR) is 68.7 cm³/mol. The molecule has 1 aromatic carbocycles. The number of sulfonamides is 1. The second-order valence-corrected chi connectivity index (χ2v) is 6.56. The monoisotopic (exact) mass is 371 g/mol. The first-order chi connectivity index (χ1) is 7.47. The van der Waals surface area contributed by atoms with Crippen molar-refractivity contribution in [2.24, 2.45) is 0 Å². The number of hydrogen-bond acceptors (Lipinski definition) is 3. The smallest absolute Gasteiger partial charge is 0.241 e. The number of nitrogens with one attached hydrogen (secondary N) is 1. The van der Waals surface area contributed by atoms with Gasteiger partial charge in [-0.25, -0.2) is 13.1 Å². The molecular formula is C9H11Br2NO3S. The van der Waals surface area contributed by atoms with Crippen molar-refractivity contribution in [3.05, 3.63) is 27.1 Å². The van der Waals surface area contributed by atoms with Crippen molar-refractivity contribution in [1.29, 1.82) is 0 Å². The lowest BCUT2D eigenvalue weighted by molar-refractivity contribution is 0.289. The first-order valence-electron chi connectivity index (χ1n) is 4.53. The Morgan fingerprint density at radius 3 is 2.56 bits per heavy atom. The van der Waals surface area contributed by atoms with E-state index in [0.717, 1.165) is 4.47 Å². The fourth-order valence-corrected chi connectivity index (χ4v) is 3.87. The third-order valence-corrected chi connectivity index (χ3v) is 4.74. The highest BCUT2D eigenvalue weighted by Crippen LogP contribution is 2.25. The molecule has 0 saturated carbocycles. The number of hydrogen-bond donors (Lipinski definition) is 2. The topological polar surface area (TPSA) is 66.4 Å². The average molecular weight is 373 g/mol. The van der Waals surface area contributed by atoms with Gasteiger partial charge in [0.1, 0.15) is 0 Å². The summed E-state index contributed by atoms with van der Waals surface area (Å²) in [4.78, 5) is 0.189. The van der Waals surface area contributed by atoms with Gasteiger partial charge in [0.25, 0.3) is 0 Å². The van der Waals surface area contributed by atoms with Gasteiger partial charge in [-0.1, -0.05) is 15.9 Å². The molecule has 2 N–H and O–H groups in total. The van der Waals surface area contributed by atoms with Crippen LogP contribution in [0.1, 0.15) is 6.42 Å². The number of aliphatic hydroxyl groups excluding tert-OH is 1. The van der Waals surface area contributed by atoms with Gasteiger partial charge in [-0.15, -0.1) is 0 Å². The lowest BCUT2D eigenvalue weighted by atomic mass is 10.4. The molecule has 0 aromatic heterocycles. The van der Waals surface area contributed by atoms with Crippen molar-refractivity contribution in [2.45, 2.75) is 11.3 Å². The van der Waals surface area contributed by atoms with E-state index < -0.39 is 10.0 Å². The summed E-state index contributed by atoms with van der Waals surface area (Å²) < 4.78 is 27.3. The summed E-state index contributed by atoms with van der Waals surface area (Å²) >= 11 is 6.44. The van der Waals surface area contributed by atoms with Crippen LogP contribution in [0.15, 0.2) is 32.0 Å². The molecule has 16 heavy (non-hydrogen) atoms. The molecule has 0 aliphatic heterocycles. The van der Waals surface area contributed by atoms with Crippen molar-refractivity contribution in [3.8, 4) is 0 Å². The molecule has 0 aliphatic rings. The van der Waals surface area contributed by atoms with Gasteiger partial charge in [0.05, 0.1) is 4.90 Å². The van der Waals surface area contributed by atoms with Crippen LogP contribution in [0.5, 0.6) is 0 Å². The van der Waals surface area contributed by atoms with Crippen LogP contribution in [0.25, 0.3) is 0 Å². The standard InChI is InChI=1S/C9H11Br2NO3S/c10-7-2-3-9(8(11)6-7)16(14,15)12-4-1-5-13/h2-3,6,12-13H,1,4-5H2. The summed E-state index contributed by atoms with van der Waals surface area (Å²) in [6.07, 6.45) is 0.396. The van der Waals surface area contributed by atoms with Crippen LogP contribution in [0.4, 0.5) is 0 Å². The normalized spacial score (nSPS) is 11.7. The van der Waals surface area contributed by atoms with Gasteiger partial charge in [-0.05, 0) is 40.5 Å². The van der Waals surface area contributed by atoms with Crippen LogP contribution in [0, 0.1) is 0 Å². The maximum atomic E-state index is 11.8. The summed E-state index contributed by atoms with van der Waals surface area (Å²) in [5, 5.41) is 8.57. The van der Waals surface area contributed by atoms with Crippen LogP contribution < -0.4 is 4.72 Å². The van der Waals surface area contributed by atoms with Crippen LogP contribution in [0.3, 0.4) is 0 Å². The van der Waals surface area contributed by atoms with Gasteiger partial charge < -0.3 is 5.11 Å². The van der Waals surface area contributed by atoms with Crippen molar-refractivity contribution in [1.82, 2.24) is 4.72 Å². The zero-order valence-electron chi connectivity index (χ0n) is 8.28. The number of benzene rings is 1. The molecule has 7 heteroatoms. The molecular weight excluding hydrogens is 362 g/mol. The molecule has 0 heterocycles. The van der Waals surface area contributed by atoms with Crippen LogP contribution in [-0.2, 0) is 10.0 Å². The van der Waals surface area contributed by atoms with Crippen molar-refractivity contribution < 1.29 is 13.5 Å². The van der Waals surface area contributed by atoms with Crippen LogP contribution in [-0.4, -0.2) is 26.7 Å². The van der Waals surface area contributed by atoms with Gasteiger partial charge in [0, 0.05) is 22.1 Å². The highest BCUT2D eigenvalue weighted by molar-refractivity contribution is 9.11. The molecule has 0 aliphatic carbocycles. The molecule has 0 amide bonds. The maximum absolute atomic E-state index is 11.8. The minimum atomic E-state index is -3.51.